The number of hydrazone groups is 1. The van der Waals surface area contributed by atoms with Crippen LogP contribution in [0, 0.1) is 0 Å². The molecule has 3 aromatic rings. The monoisotopic (exact) mass is 424 g/mol. The lowest BCUT2D eigenvalue weighted by Gasteiger charge is -2.09. The van der Waals surface area contributed by atoms with Crippen LogP contribution in [-0.4, -0.2) is 17.2 Å². The number of rotatable bonds is 6. The summed E-state index contributed by atoms with van der Waals surface area (Å²) in [6.45, 7) is 0.434. The molecule has 0 aliphatic carbocycles. The first kappa shape index (κ1) is 18.7. The first-order valence-electron chi connectivity index (χ1n) is 8.20. The molecule has 0 radical (unpaired) electrons. The van der Waals surface area contributed by atoms with E-state index in [2.05, 4.69) is 26.5 Å². The lowest BCUT2D eigenvalue weighted by Crippen LogP contribution is -2.17. The summed E-state index contributed by atoms with van der Waals surface area (Å²) in [5, 5.41) is 13.3. The van der Waals surface area contributed by atoms with E-state index in [1.807, 2.05) is 48.5 Å². The highest BCUT2D eigenvalue weighted by atomic mass is 79.9. The smallest absolute Gasteiger partial charge is 0.271 e. The lowest BCUT2D eigenvalue weighted by atomic mass is 10.2. The predicted octanol–water partition coefficient (Wildman–Crippen LogP) is 4.50. The second kappa shape index (κ2) is 9.00. The van der Waals surface area contributed by atoms with Crippen LogP contribution in [0.3, 0.4) is 0 Å². The fourth-order valence-corrected chi connectivity index (χ4v) is 2.70. The van der Waals surface area contributed by atoms with Gasteiger partial charge in [-0.05, 0) is 48.0 Å². The van der Waals surface area contributed by atoms with Crippen LogP contribution in [0.2, 0.25) is 0 Å². The molecule has 3 rings (SSSR count). The summed E-state index contributed by atoms with van der Waals surface area (Å²) in [6.07, 6.45) is 1.53. The minimum absolute atomic E-state index is 0.101. The van der Waals surface area contributed by atoms with E-state index in [1.165, 1.54) is 30.5 Å². The van der Waals surface area contributed by atoms with Crippen molar-refractivity contribution in [3.63, 3.8) is 0 Å². The number of phenols is 1. The summed E-state index contributed by atoms with van der Waals surface area (Å²) in [5.74, 6) is 0.391. The van der Waals surface area contributed by atoms with Crippen molar-refractivity contribution in [2.75, 3.05) is 0 Å². The molecule has 5 nitrogen and oxygen atoms in total. The van der Waals surface area contributed by atoms with Gasteiger partial charge in [-0.1, -0.05) is 46.3 Å². The average Bonchev–Trinajstić information content (AvgIpc) is 2.68. The number of aromatic hydroxyl groups is 1. The van der Waals surface area contributed by atoms with Gasteiger partial charge < -0.3 is 9.84 Å². The third-order valence-corrected chi connectivity index (χ3v) is 4.20. The Labute approximate surface area is 165 Å². The number of halogens is 1. The van der Waals surface area contributed by atoms with Crippen LogP contribution < -0.4 is 10.2 Å². The molecule has 0 atom stereocenters. The second-order valence-electron chi connectivity index (χ2n) is 5.70. The highest BCUT2D eigenvalue weighted by molar-refractivity contribution is 9.10. The van der Waals surface area contributed by atoms with Gasteiger partial charge in [-0.3, -0.25) is 4.79 Å². The number of amides is 1. The van der Waals surface area contributed by atoms with Gasteiger partial charge in [0.05, 0.1) is 6.21 Å². The number of phenolic OH excluding ortho intramolecular Hbond substituents is 1. The van der Waals surface area contributed by atoms with Gasteiger partial charge in [0.2, 0.25) is 0 Å². The zero-order chi connectivity index (χ0) is 19.1. The van der Waals surface area contributed by atoms with Gasteiger partial charge in [-0.2, -0.15) is 5.10 Å². The lowest BCUT2D eigenvalue weighted by molar-refractivity contribution is 0.0955. The maximum atomic E-state index is 12.1. The van der Waals surface area contributed by atoms with Crippen molar-refractivity contribution in [1.29, 1.82) is 0 Å². The maximum absolute atomic E-state index is 12.1. The SMILES string of the molecule is O=C(N/N=C\c1cc(Br)ccc1OCc1ccccc1)c1ccc(O)cc1. The molecule has 0 aliphatic heterocycles. The molecule has 0 aliphatic rings. The third-order valence-electron chi connectivity index (χ3n) is 3.71. The molecule has 0 saturated carbocycles. The average molecular weight is 425 g/mol. The molecule has 2 N–H and O–H groups in total. The van der Waals surface area contributed by atoms with Gasteiger partial charge in [0.15, 0.2) is 0 Å². The Kier molecular flexibility index (Phi) is 6.22. The van der Waals surface area contributed by atoms with Gasteiger partial charge in [-0.15, -0.1) is 0 Å². The molecule has 0 saturated heterocycles. The van der Waals surface area contributed by atoms with Crippen LogP contribution in [0.1, 0.15) is 21.5 Å². The molecular weight excluding hydrogens is 408 g/mol. The molecule has 0 aromatic heterocycles. The Balaban J connectivity index is 1.68. The standard InChI is InChI=1S/C21H17BrN2O3/c22-18-8-11-20(27-14-15-4-2-1-3-5-15)17(12-18)13-23-24-21(26)16-6-9-19(25)10-7-16/h1-13,25H,14H2,(H,24,26)/b23-13-. The van der Waals surface area contributed by atoms with Crippen molar-refractivity contribution in [2.24, 2.45) is 5.10 Å². The molecule has 0 bridgehead atoms. The van der Waals surface area contributed by atoms with Crippen molar-refractivity contribution < 1.29 is 14.6 Å². The minimum atomic E-state index is -0.368. The molecular formula is C21H17BrN2O3. The maximum Gasteiger partial charge on any atom is 0.271 e. The van der Waals surface area contributed by atoms with Gasteiger partial charge >= 0.3 is 0 Å². The summed E-state index contributed by atoms with van der Waals surface area (Å²) in [7, 11) is 0. The van der Waals surface area contributed by atoms with E-state index in [9.17, 15) is 9.90 Å². The fraction of sp³-hybridized carbons (Fsp3) is 0.0476. The first-order valence-corrected chi connectivity index (χ1v) is 9.00. The van der Waals surface area contributed by atoms with Crippen LogP contribution >= 0.6 is 15.9 Å². The Morgan fingerprint density at radius 3 is 2.56 bits per heavy atom. The van der Waals surface area contributed by atoms with E-state index in [-0.39, 0.29) is 11.7 Å². The first-order chi connectivity index (χ1) is 13.1. The van der Waals surface area contributed by atoms with E-state index < -0.39 is 0 Å². The van der Waals surface area contributed by atoms with E-state index >= 15 is 0 Å². The third kappa shape index (κ3) is 5.43. The number of nitrogens with one attached hydrogen (secondary N) is 1. The normalized spacial score (nSPS) is 10.7. The van der Waals surface area contributed by atoms with Crippen molar-refractivity contribution in [3.8, 4) is 11.5 Å². The topological polar surface area (TPSA) is 70.9 Å². The Morgan fingerprint density at radius 2 is 1.81 bits per heavy atom. The van der Waals surface area contributed by atoms with Gasteiger partial charge in [-0.25, -0.2) is 5.43 Å². The minimum Gasteiger partial charge on any atom is -0.508 e. The molecule has 0 spiro atoms. The van der Waals surface area contributed by atoms with Crippen LogP contribution in [0.25, 0.3) is 0 Å². The highest BCUT2D eigenvalue weighted by Crippen LogP contribution is 2.23. The highest BCUT2D eigenvalue weighted by Gasteiger charge is 2.06. The number of nitrogens with zero attached hydrogens (tertiary/aromatic N) is 1. The van der Waals surface area contributed by atoms with Crippen molar-refractivity contribution in [1.82, 2.24) is 5.43 Å². The van der Waals surface area contributed by atoms with Crippen LogP contribution in [-0.2, 0) is 6.61 Å². The molecule has 0 heterocycles. The summed E-state index contributed by atoms with van der Waals surface area (Å²) in [6, 6.07) is 21.4. The number of benzene rings is 3. The number of hydrogen-bond acceptors (Lipinski definition) is 4. The molecule has 136 valence electrons. The molecule has 27 heavy (non-hydrogen) atoms. The summed E-state index contributed by atoms with van der Waals surface area (Å²) < 4.78 is 6.76. The van der Waals surface area contributed by atoms with Crippen LogP contribution in [0.5, 0.6) is 11.5 Å². The Bertz CT molecular complexity index is 941. The summed E-state index contributed by atoms with van der Waals surface area (Å²) in [5.41, 5.74) is 4.66. The van der Waals surface area contributed by atoms with E-state index in [0.717, 1.165) is 15.6 Å². The van der Waals surface area contributed by atoms with E-state index in [1.54, 1.807) is 0 Å². The van der Waals surface area contributed by atoms with E-state index in [4.69, 9.17) is 4.74 Å². The molecule has 0 fully saturated rings. The van der Waals surface area contributed by atoms with Gasteiger partial charge in [0.25, 0.3) is 5.91 Å². The van der Waals surface area contributed by atoms with Gasteiger partial charge in [0, 0.05) is 15.6 Å². The number of hydrogen-bond donors (Lipinski definition) is 2. The molecule has 3 aromatic carbocycles. The van der Waals surface area contributed by atoms with Crippen LogP contribution in [0.4, 0.5) is 0 Å². The van der Waals surface area contributed by atoms with Crippen molar-refractivity contribution >= 4 is 28.1 Å². The zero-order valence-electron chi connectivity index (χ0n) is 14.3. The quantitative estimate of drug-likeness (QED) is 0.452. The summed E-state index contributed by atoms with van der Waals surface area (Å²) >= 11 is 3.43. The number of ether oxygens (including phenoxy) is 1. The predicted molar refractivity (Wildman–Crippen MR) is 108 cm³/mol. The fourth-order valence-electron chi connectivity index (χ4n) is 2.32. The number of carbonyl (C=O) groups excluding carboxylic acids is 1. The molecule has 0 unspecified atom stereocenters. The zero-order valence-corrected chi connectivity index (χ0v) is 15.9. The number of carbonyl (C=O) groups is 1. The van der Waals surface area contributed by atoms with Crippen molar-refractivity contribution in [2.45, 2.75) is 6.61 Å². The molecule has 6 heteroatoms. The largest absolute Gasteiger partial charge is 0.508 e. The Hall–Kier alpha value is -3.12. The van der Waals surface area contributed by atoms with Crippen LogP contribution in [0.15, 0.2) is 82.4 Å². The molecule has 1 amide bonds. The Morgan fingerprint density at radius 1 is 1.07 bits per heavy atom. The second-order valence-corrected chi connectivity index (χ2v) is 6.62. The summed E-state index contributed by atoms with van der Waals surface area (Å²) in [4.78, 5) is 12.1. The van der Waals surface area contributed by atoms with Crippen molar-refractivity contribution in [3.05, 3.63) is 94.0 Å². The van der Waals surface area contributed by atoms with Gasteiger partial charge in [0.1, 0.15) is 18.1 Å². The van der Waals surface area contributed by atoms with E-state index in [0.29, 0.717) is 17.9 Å².